The Morgan fingerprint density at radius 2 is 1.53 bits per heavy atom. The van der Waals surface area contributed by atoms with Gasteiger partial charge in [0.05, 0.1) is 11.1 Å². The number of imide groups is 1. The zero-order valence-electron chi connectivity index (χ0n) is 10.6. The summed E-state index contributed by atoms with van der Waals surface area (Å²) in [6, 6.07) is 6.84. The van der Waals surface area contributed by atoms with E-state index in [1.165, 1.54) is 4.90 Å². The van der Waals surface area contributed by atoms with E-state index in [2.05, 4.69) is 0 Å². The van der Waals surface area contributed by atoms with Crippen molar-refractivity contribution in [1.29, 1.82) is 0 Å². The van der Waals surface area contributed by atoms with Crippen molar-refractivity contribution in [2.24, 2.45) is 11.3 Å². The van der Waals surface area contributed by atoms with Crippen LogP contribution in [-0.4, -0.2) is 27.6 Å². The lowest BCUT2D eigenvalue weighted by Gasteiger charge is -2.14. The molecule has 0 aromatic heterocycles. The first-order valence-corrected chi connectivity index (χ1v) is 6.87. The van der Waals surface area contributed by atoms with Crippen molar-refractivity contribution in [3.05, 3.63) is 35.4 Å². The molecule has 1 atom stereocenters. The summed E-state index contributed by atoms with van der Waals surface area (Å²) in [5.74, 6) is -0.606. The van der Waals surface area contributed by atoms with Crippen molar-refractivity contribution in [3.63, 3.8) is 0 Å². The summed E-state index contributed by atoms with van der Waals surface area (Å²) in [4.78, 5) is 25.7. The molecule has 5 heteroatoms. The van der Waals surface area contributed by atoms with E-state index in [-0.39, 0.29) is 29.7 Å². The van der Waals surface area contributed by atoms with Crippen LogP contribution in [-0.2, 0) is 0 Å². The number of benzene rings is 1. The Balaban J connectivity index is 1.87. The van der Waals surface area contributed by atoms with Crippen LogP contribution >= 0.6 is 23.2 Å². The van der Waals surface area contributed by atoms with Crippen molar-refractivity contribution >= 4 is 35.0 Å². The number of hydrogen-bond donors (Lipinski definition) is 0. The van der Waals surface area contributed by atoms with Gasteiger partial charge in [0.25, 0.3) is 11.8 Å². The minimum atomic E-state index is -0.873. The number of halogens is 2. The lowest BCUT2D eigenvalue weighted by Crippen LogP contribution is -2.33. The Morgan fingerprint density at radius 1 is 1.11 bits per heavy atom. The number of carbonyl (C=O) groups excluding carboxylic acids is 2. The fourth-order valence-corrected chi connectivity index (χ4v) is 3.53. The van der Waals surface area contributed by atoms with Crippen LogP contribution in [0.15, 0.2) is 24.3 Å². The van der Waals surface area contributed by atoms with E-state index >= 15 is 0 Å². The maximum absolute atomic E-state index is 12.2. The Labute approximate surface area is 121 Å². The van der Waals surface area contributed by atoms with Gasteiger partial charge in [0.1, 0.15) is 4.33 Å². The molecule has 1 fully saturated rings. The third-order valence-electron chi connectivity index (χ3n) is 4.33. The summed E-state index contributed by atoms with van der Waals surface area (Å²) >= 11 is 12.4. The molecule has 1 aliphatic heterocycles. The zero-order chi connectivity index (χ0) is 14.0. The average Bonchev–Trinajstić information content (AvgIpc) is 2.61. The van der Waals surface area contributed by atoms with Gasteiger partial charge in [-0.3, -0.25) is 14.5 Å². The predicted octanol–water partition coefficient (Wildman–Crippen LogP) is 3.11. The highest BCUT2D eigenvalue weighted by Crippen LogP contribution is 2.68. The molecule has 19 heavy (non-hydrogen) atoms. The molecular weight excluding hydrogens is 285 g/mol. The molecule has 100 valence electrons. The van der Waals surface area contributed by atoms with Crippen LogP contribution < -0.4 is 0 Å². The maximum atomic E-state index is 12.2. The van der Waals surface area contributed by atoms with Gasteiger partial charge in [-0.2, -0.15) is 0 Å². The maximum Gasteiger partial charge on any atom is 0.261 e. The number of hydrogen-bond acceptors (Lipinski definition) is 2. The van der Waals surface area contributed by atoms with E-state index in [1.807, 2.05) is 13.8 Å². The Kier molecular flexibility index (Phi) is 2.55. The number of alkyl halides is 2. The normalized spacial score (nSPS) is 26.5. The number of rotatable bonds is 2. The number of carbonyl (C=O) groups is 2. The second-order valence-electron chi connectivity index (χ2n) is 5.66. The highest BCUT2D eigenvalue weighted by molar-refractivity contribution is 6.51. The van der Waals surface area contributed by atoms with E-state index in [0.29, 0.717) is 11.1 Å². The molecule has 2 aliphatic rings. The molecule has 1 aliphatic carbocycles. The molecule has 3 rings (SSSR count). The van der Waals surface area contributed by atoms with E-state index in [4.69, 9.17) is 23.2 Å². The second kappa shape index (κ2) is 3.74. The first-order chi connectivity index (χ1) is 8.78. The van der Waals surface area contributed by atoms with Gasteiger partial charge in [0.2, 0.25) is 0 Å². The van der Waals surface area contributed by atoms with Gasteiger partial charge in [-0.25, -0.2) is 0 Å². The quantitative estimate of drug-likeness (QED) is 0.621. The second-order valence-corrected chi connectivity index (χ2v) is 7.05. The van der Waals surface area contributed by atoms with Crippen LogP contribution in [0.1, 0.15) is 34.6 Å². The highest BCUT2D eigenvalue weighted by atomic mass is 35.5. The van der Waals surface area contributed by atoms with Crippen LogP contribution in [0, 0.1) is 11.3 Å². The number of amides is 2. The van der Waals surface area contributed by atoms with E-state index in [1.54, 1.807) is 24.3 Å². The van der Waals surface area contributed by atoms with Gasteiger partial charge < -0.3 is 0 Å². The summed E-state index contributed by atoms with van der Waals surface area (Å²) in [5, 5.41) is 0. The van der Waals surface area contributed by atoms with Gasteiger partial charge in [-0.05, 0) is 12.1 Å². The smallest absolute Gasteiger partial charge is 0.261 e. The minimum absolute atomic E-state index is 0.0921. The van der Waals surface area contributed by atoms with Gasteiger partial charge >= 0.3 is 0 Å². The number of fused-ring (bicyclic) bond motifs is 1. The molecule has 1 heterocycles. The van der Waals surface area contributed by atoms with Crippen molar-refractivity contribution in [2.75, 3.05) is 6.54 Å². The molecule has 0 N–H and O–H groups in total. The molecule has 2 amide bonds. The van der Waals surface area contributed by atoms with Crippen LogP contribution in [0.5, 0.6) is 0 Å². The lowest BCUT2D eigenvalue weighted by molar-refractivity contribution is 0.0642. The average molecular weight is 298 g/mol. The van der Waals surface area contributed by atoms with Crippen molar-refractivity contribution in [3.8, 4) is 0 Å². The summed E-state index contributed by atoms with van der Waals surface area (Å²) in [7, 11) is 0. The molecule has 1 saturated carbocycles. The standard InChI is InChI=1S/C14H13Cl2NO2/c1-13(2)10(14(13,15)16)7-17-11(18)8-5-3-4-6-9(8)12(17)19/h3-6,10H,7H2,1-2H3/t10-/m0/s1. The fourth-order valence-electron chi connectivity index (χ4n) is 2.69. The van der Waals surface area contributed by atoms with Crippen LogP contribution in [0.25, 0.3) is 0 Å². The SMILES string of the molecule is CC1(C)[C@H](CN2C(=O)c3ccccc3C2=O)C1(Cl)Cl. The zero-order valence-corrected chi connectivity index (χ0v) is 12.1. The van der Waals surface area contributed by atoms with Crippen molar-refractivity contribution in [1.82, 2.24) is 4.90 Å². The Hall–Kier alpha value is -1.06. The van der Waals surface area contributed by atoms with E-state index < -0.39 is 4.33 Å². The van der Waals surface area contributed by atoms with Crippen LogP contribution in [0.4, 0.5) is 0 Å². The first-order valence-electron chi connectivity index (χ1n) is 6.11. The Morgan fingerprint density at radius 3 is 1.89 bits per heavy atom. The van der Waals surface area contributed by atoms with Gasteiger partial charge in [0, 0.05) is 17.9 Å². The third kappa shape index (κ3) is 1.58. The molecule has 0 spiro atoms. The molecule has 0 radical (unpaired) electrons. The van der Waals surface area contributed by atoms with Crippen LogP contribution in [0.2, 0.25) is 0 Å². The predicted molar refractivity (Wildman–Crippen MR) is 73.5 cm³/mol. The fraction of sp³-hybridized carbons (Fsp3) is 0.429. The molecule has 0 unspecified atom stereocenters. The summed E-state index contributed by atoms with van der Waals surface area (Å²) < 4.78 is -0.873. The van der Waals surface area contributed by atoms with Gasteiger partial charge in [-0.1, -0.05) is 26.0 Å². The summed E-state index contributed by atoms with van der Waals surface area (Å²) in [6.07, 6.45) is 0. The number of nitrogens with zero attached hydrogens (tertiary/aromatic N) is 1. The van der Waals surface area contributed by atoms with Gasteiger partial charge in [-0.15, -0.1) is 23.2 Å². The van der Waals surface area contributed by atoms with Gasteiger partial charge in [0.15, 0.2) is 0 Å². The first kappa shape index (κ1) is 12.9. The monoisotopic (exact) mass is 297 g/mol. The molecular formula is C14H13Cl2NO2. The largest absolute Gasteiger partial charge is 0.274 e. The van der Waals surface area contributed by atoms with Crippen LogP contribution in [0.3, 0.4) is 0 Å². The van der Waals surface area contributed by atoms with E-state index in [9.17, 15) is 9.59 Å². The van der Waals surface area contributed by atoms with E-state index in [0.717, 1.165) is 0 Å². The lowest BCUT2D eigenvalue weighted by atomic mass is 10.1. The molecule has 3 nitrogen and oxygen atoms in total. The minimum Gasteiger partial charge on any atom is -0.274 e. The molecule has 0 saturated heterocycles. The topological polar surface area (TPSA) is 37.4 Å². The highest BCUT2D eigenvalue weighted by Gasteiger charge is 2.70. The molecule has 1 aromatic carbocycles. The molecule has 0 bridgehead atoms. The summed E-state index contributed by atoms with van der Waals surface area (Å²) in [5.41, 5.74) is 0.632. The Bertz CT molecular complexity index is 546. The molecule has 1 aromatic rings. The third-order valence-corrected chi connectivity index (χ3v) is 5.83. The van der Waals surface area contributed by atoms with Crippen molar-refractivity contribution in [2.45, 2.75) is 18.2 Å². The summed E-state index contributed by atoms with van der Waals surface area (Å²) in [6.45, 7) is 4.15. The van der Waals surface area contributed by atoms with Crippen molar-refractivity contribution < 1.29 is 9.59 Å².